The third-order valence-electron chi connectivity index (χ3n) is 2.73. The minimum atomic E-state index is 0.309. The van der Waals surface area contributed by atoms with Crippen LogP contribution in [0.25, 0.3) is 0 Å². The van der Waals surface area contributed by atoms with Crippen LogP contribution in [0.2, 0.25) is 0 Å². The molecular formula is C8H18N2. The summed E-state index contributed by atoms with van der Waals surface area (Å²) >= 11 is 0. The third-order valence-corrected chi connectivity index (χ3v) is 2.73. The Balaban J connectivity index is 2.45. The molecule has 2 nitrogen and oxygen atoms in total. The molecule has 1 aliphatic rings. The summed E-state index contributed by atoms with van der Waals surface area (Å²) in [6, 6.07) is 0. The minimum Gasteiger partial charge on any atom is -0.316 e. The lowest BCUT2D eigenvalue weighted by atomic mass is 9.87. The number of hydrogen-bond acceptors (Lipinski definition) is 2. The molecule has 10 heavy (non-hydrogen) atoms. The molecule has 1 saturated heterocycles. The summed E-state index contributed by atoms with van der Waals surface area (Å²) in [6.07, 6.45) is 1.31. The third kappa shape index (κ3) is 1.50. The average molecular weight is 142 g/mol. The van der Waals surface area contributed by atoms with Gasteiger partial charge in [-0.25, -0.2) is 0 Å². The molecule has 0 radical (unpaired) electrons. The fourth-order valence-corrected chi connectivity index (χ4v) is 1.47. The highest BCUT2D eigenvalue weighted by molar-refractivity contribution is 4.89. The summed E-state index contributed by atoms with van der Waals surface area (Å²) in [5.74, 6) is 0.803. The zero-order chi connectivity index (χ0) is 7.61. The van der Waals surface area contributed by atoms with Crippen molar-refractivity contribution in [1.82, 2.24) is 10.6 Å². The van der Waals surface area contributed by atoms with Gasteiger partial charge in [-0.1, -0.05) is 0 Å². The number of hydrogen-bond donors (Lipinski definition) is 2. The lowest BCUT2D eigenvalue weighted by molar-refractivity contribution is 0.288. The van der Waals surface area contributed by atoms with Gasteiger partial charge in [0.2, 0.25) is 0 Å². The van der Waals surface area contributed by atoms with E-state index in [1.165, 1.54) is 19.5 Å². The SMILES string of the molecule is CNC(C)(C)C1CCNC1. The van der Waals surface area contributed by atoms with E-state index in [1.807, 2.05) is 7.05 Å². The van der Waals surface area contributed by atoms with Crippen LogP contribution in [-0.4, -0.2) is 25.7 Å². The highest BCUT2D eigenvalue weighted by Crippen LogP contribution is 2.21. The summed E-state index contributed by atoms with van der Waals surface area (Å²) in [6.45, 7) is 6.90. The van der Waals surface area contributed by atoms with Gasteiger partial charge in [0.25, 0.3) is 0 Å². The molecule has 2 heteroatoms. The smallest absolute Gasteiger partial charge is 0.0162 e. The van der Waals surface area contributed by atoms with Crippen molar-refractivity contribution in [3.05, 3.63) is 0 Å². The van der Waals surface area contributed by atoms with Crippen LogP contribution in [0.1, 0.15) is 20.3 Å². The Morgan fingerprint density at radius 3 is 2.60 bits per heavy atom. The van der Waals surface area contributed by atoms with E-state index in [0.717, 1.165) is 5.92 Å². The molecule has 60 valence electrons. The first-order valence-electron chi connectivity index (χ1n) is 4.06. The lowest BCUT2D eigenvalue weighted by Crippen LogP contribution is -2.44. The summed E-state index contributed by atoms with van der Waals surface area (Å²) < 4.78 is 0. The molecular weight excluding hydrogens is 124 g/mol. The van der Waals surface area contributed by atoms with E-state index in [4.69, 9.17) is 0 Å². The van der Waals surface area contributed by atoms with Gasteiger partial charge < -0.3 is 10.6 Å². The van der Waals surface area contributed by atoms with Gasteiger partial charge in [0.15, 0.2) is 0 Å². The van der Waals surface area contributed by atoms with Gasteiger partial charge in [0.05, 0.1) is 0 Å². The molecule has 2 N–H and O–H groups in total. The van der Waals surface area contributed by atoms with E-state index >= 15 is 0 Å². The molecule has 0 bridgehead atoms. The maximum Gasteiger partial charge on any atom is 0.0162 e. The Labute approximate surface area is 63.4 Å². The zero-order valence-electron chi connectivity index (χ0n) is 7.20. The van der Waals surface area contributed by atoms with Crippen LogP contribution in [0, 0.1) is 5.92 Å². The van der Waals surface area contributed by atoms with Gasteiger partial charge in [-0.05, 0) is 46.3 Å². The lowest BCUT2D eigenvalue weighted by Gasteiger charge is -2.30. The quantitative estimate of drug-likeness (QED) is 0.590. The maximum atomic E-state index is 3.37. The van der Waals surface area contributed by atoms with Crippen LogP contribution in [0.5, 0.6) is 0 Å². The van der Waals surface area contributed by atoms with Gasteiger partial charge in [0.1, 0.15) is 0 Å². The van der Waals surface area contributed by atoms with Gasteiger partial charge in [-0.2, -0.15) is 0 Å². The fraction of sp³-hybridized carbons (Fsp3) is 1.00. The summed E-state index contributed by atoms with van der Waals surface area (Å²) in [4.78, 5) is 0. The van der Waals surface area contributed by atoms with Crippen LogP contribution >= 0.6 is 0 Å². The zero-order valence-corrected chi connectivity index (χ0v) is 7.20. The van der Waals surface area contributed by atoms with Crippen molar-refractivity contribution in [3.63, 3.8) is 0 Å². The second kappa shape index (κ2) is 2.89. The van der Waals surface area contributed by atoms with Crippen LogP contribution in [0.4, 0.5) is 0 Å². The fourth-order valence-electron chi connectivity index (χ4n) is 1.47. The van der Waals surface area contributed by atoms with E-state index in [1.54, 1.807) is 0 Å². The second-order valence-corrected chi connectivity index (χ2v) is 3.66. The molecule has 0 aromatic carbocycles. The first-order chi connectivity index (χ1) is 4.67. The normalized spacial score (nSPS) is 27.3. The molecule has 1 atom stereocenters. The Morgan fingerprint density at radius 1 is 1.50 bits per heavy atom. The summed E-state index contributed by atoms with van der Waals surface area (Å²) in [7, 11) is 2.04. The van der Waals surface area contributed by atoms with Crippen molar-refractivity contribution < 1.29 is 0 Å². The van der Waals surface area contributed by atoms with Gasteiger partial charge in [0, 0.05) is 5.54 Å². The van der Waals surface area contributed by atoms with Crippen LogP contribution < -0.4 is 10.6 Å². The van der Waals surface area contributed by atoms with Crippen molar-refractivity contribution >= 4 is 0 Å². The highest BCUT2D eigenvalue weighted by atomic mass is 15.0. The molecule has 1 heterocycles. The number of rotatable bonds is 2. The Morgan fingerprint density at radius 2 is 2.20 bits per heavy atom. The molecule has 0 saturated carbocycles. The molecule has 1 aliphatic heterocycles. The van der Waals surface area contributed by atoms with Gasteiger partial charge in [-0.3, -0.25) is 0 Å². The largest absolute Gasteiger partial charge is 0.316 e. The molecule has 0 aliphatic carbocycles. The Bertz CT molecular complexity index is 104. The molecule has 0 aromatic heterocycles. The molecule has 0 spiro atoms. The monoisotopic (exact) mass is 142 g/mol. The summed E-state index contributed by atoms with van der Waals surface area (Å²) in [5.41, 5.74) is 0.309. The van der Waals surface area contributed by atoms with Crippen molar-refractivity contribution in [2.24, 2.45) is 5.92 Å². The molecule has 0 amide bonds. The number of nitrogens with one attached hydrogen (secondary N) is 2. The van der Waals surface area contributed by atoms with Crippen LogP contribution in [-0.2, 0) is 0 Å². The van der Waals surface area contributed by atoms with Crippen molar-refractivity contribution in [3.8, 4) is 0 Å². The molecule has 1 rings (SSSR count). The second-order valence-electron chi connectivity index (χ2n) is 3.66. The van der Waals surface area contributed by atoms with Crippen molar-refractivity contribution in [2.75, 3.05) is 20.1 Å². The molecule has 1 fully saturated rings. The van der Waals surface area contributed by atoms with E-state index < -0.39 is 0 Å². The first kappa shape index (κ1) is 8.02. The van der Waals surface area contributed by atoms with Crippen LogP contribution in [0.15, 0.2) is 0 Å². The first-order valence-corrected chi connectivity index (χ1v) is 4.06. The van der Waals surface area contributed by atoms with Gasteiger partial charge >= 0.3 is 0 Å². The predicted molar refractivity (Wildman–Crippen MR) is 44.1 cm³/mol. The predicted octanol–water partition coefficient (Wildman–Crippen LogP) is 0.594. The average Bonchev–Trinajstić information content (AvgIpc) is 2.38. The molecule has 0 aromatic rings. The van der Waals surface area contributed by atoms with Crippen molar-refractivity contribution in [2.45, 2.75) is 25.8 Å². The van der Waals surface area contributed by atoms with Crippen LogP contribution in [0.3, 0.4) is 0 Å². The highest BCUT2D eigenvalue weighted by Gasteiger charge is 2.29. The summed E-state index contributed by atoms with van der Waals surface area (Å²) in [5, 5.41) is 6.72. The van der Waals surface area contributed by atoms with E-state index in [9.17, 15) is 0 Å². The topological polar surface area (TPSA) is 24.1 Å². The molecule has 1 unspecified atom stereocenters. The van der Waals surface area contributed by atoms with E-state index in [0.29, 0.717) is 5.54 Å². The Hall–Kier alpha value is -0.0800. The standard InChI is InChI=1S/C8H18N2/c1-8(2,9-3)7-4-5-10-6-7/h7,9-10H,4-6H2,1-3H3. The minimum absolute atomic E-state index is 0.309. The van der Waals surface area contributed by atoms with E-state index in [-0.39, 0.29) is 0 Å². The maximum absolute atomic E-state index is 3.37. The Kier molecular flexibility index (Phi) is 2.32. The van der Waals surface area contributed by atoms with Gasteiger partial charge in [-0.15, -0.1) is 0 Å². The van der Waals surface area contributed by atoms with E-state index in [2.05, 4.69) is 24.5 Å². The van der Waals surface area contributed by atoms with Crippen molar-refractivity contribution in [1.29, 1.82) is 0 Å².